The van der Waals surface area contributed by atoms with E-state index in [0.29, 0.717) is 12.6 Å². The molecule has 5 nitrogen and oxygen atoms in total. The summed E-state index contributed by atoms with van der Waals surface area (Å²) >= 11 is 0. The van der Waals surface area contributed by atoms with Crippen molar-refractivity contribution in [2.24, 2.45) is 0 Å². The van der Waals surface area contributed by atoms with Crippen LogP contribution in [-0.2, 0) is 9.53 Å². The molecule has 1 N–H and O–H groups in total. The third-order valence-electron chi connectivity index (χ3n) is 5.94. The van der Waals surface area contributed by atoms with Crippen molar-refractivity contribution < 1.29 is 13.9 Å². The summed E-state index contributed by atoms with van der Waals surface area (Å²) in [6, 6.07) is 5.62. The van der Waals surface area contributed by atoms with Gasteiger partial charge in [-0.1, -0.05) is 0 Å². The van der Waals surface area contributed by atoms with Crippen LogP contribution in [0.15, 0.2) is 18.2 Å². The maximum atomic E-state index is 13.3. The van der Waals surface area contributed by atoms with Crippen LogP contribution in [0.4, 0.5) is 10.1 Å². The van der Waals surface area contributed by atoms with Crippen LogP contribution in [0.3, 0.4) is 0 Å². The first kappa shape index (κ1) is 16.8. The van der Waals surface area contributed by atoms with Crippen molar-refractivity contribution in [2.45, 2.75) is 37.8 Å². The van der Waals surface area contributed by atoms with Gasteiger partial charge in [0.25, 0.3) is 0 Å². The molecule has 1 unspecified atom stereocenters. The summed E-state index contributed by atoms with van der Waals surface area (Å²) in [6.45, 7) is 6.75. The number of hydrogen-bond acceptors (Lipinski definition) is 4. The third kappa shape index (κ3) is 3.37. The molecule has 1 atom stereocenters. The predicted octanol–water partition coefficient (Wildman–Crippen LogP) is 1.69. The van der Waals surface area contributed by atoms with E-state index in [1.165, 1.54) is 0 Å². The molecule has 136 valence electrons. The van der Waals surface area contributed by atoms with Crippen LogP contribution < -0.4 is 10.2 Å². The second-order valence-corrected chi connectivity index (χ2v) is 7.62. The van der Waals surface area contributed by atoms with Crippen LogP contribution in [0, 0.1) is 12.7 Å². The van der Waals surface area contributed by atoms with Gasteiger partial charge in [0, 0.05) is 44.5 Å². The van der Waals surface area contributed by atoms with E-state index in [4.69, 9.17) is 4.74 Å². The average Bonchev–Trinajstić information content (AvgIpc) is 3.02. The van der Waals surface area contributed by atoms with E-state index in [2.05, 4.69) is 15.1 Å². The summed E-state index contributed by atoms with van der Waals surface area (Å²) in [6.07, 6.45) is 3.21. The minimum atomic E-state index is -0.182. The highest BCUT2D eigenvalue weighted by atomic mass is 19.1. The number of amides is 1. The predicted molar refractivity (Wildman–Crippen MR) is 94.3 cm³/mol. The maximum Gasteiger partial charge on any atom is 0.246 e. The molecule has 4 rings (SSSR count). The van der Waals surface area contributed by atoms with Crippen LogP contribution in [0.5, 0.6) is 0 Å². The van der Waals surface area contributed by atoms with Gasteiger partial charge < -0.3 is 15.0 Å². The normalized spacial score (nSPS) is 28.6. The molecule has 0 saturated carbocycles. The number of nitrogens with one attached hydrogen (secondary N) is 1. The van der Waals surface area contributed by atoms with Crippen LogP contribution in [0.1, 0.15) is 24.8 Å². The zero-order valence-electron chi connectivity index (χ0n) is 14.8. The number of nitrogens with zero attached hydrogens (tertiary/aromatic N) is 2. The van der Waals surface area contributed by atoms with Gasteiger partial charge in [0.15, 0.2) is 0 Å². The summed E-state index contributed by atoms with van der Waals surface area (Å²) in [5, 5.41) is 2.95. The van der Waals surface area contributed by atoms with E-state index >= 15 is 0 Å². The molecule has 0 bridgehead atoms. The Morgan fingerprint density at radius 2 is 2.08 bits per heavy atom. The highest BCUT2D eigenvalue weighted by Crippen LogP contribution is 2.32. The van der Waals surface area contributed by atoms with Crippen molar-refractivity contribution in [2.75, 3.05) is 44.2 Å². The fourth-order valence-electron chi connectivity index (χ4n) is 4.48. The van der Waals surface area contributed by atoms with E-state index in [0.717, 1.165) is 56.7 Å². The summed E-state index contributed by atoms with van der Waals surface area (Å²) in [5.74, 6) is -0.176. The van der Waals surface area contributed by atoms with E-state index in [-0.39, 0.29) is 23.9 Å². The molecule has 3 aliphatic heterocycles. The minimum Gasteiger partial charge on any atom is -0.371 e. The number of aryl methyl sites for hydroxylation is 1. The average molecular weight is 347 g/mol. The summed E-state index contributed by atoms with van der Waals surface area (Å²) in [4.78, 5) is 16.2. The van der Waals surface area contributed by atoms with Crippen LogP contribution >= 0.6 is 0 Å². The second kappa shape index (κ2) is 6.57. The Morgan fingerprint density at radius 3 is 2.76 bits per heavy atom. The number of piperidine rings is 1. The SMILES string of the molecule is Cc1cc(F)ccc1N1CCC(N2CCC3(CNC(=O)CO3)C2)CC1. The molecular weight excluding hydrogens is 321 g/mol. The number of ether oxygens (including phenoxy) is 1. The Hall–Kier alpha value is -1.66. The second-order valence-electron chi connectivity index (χ2n) is 7.62. The van der Waals surface area contributed by atoms with Crippen molar-refractivity contribution in [1.29, 1.82) is 0 Å². The molecule has 25 heavy (non-hydrogen) atoms. The van der Waals surface area contributed by atoms with Crippen molar-refractivity contribution in [3.8, 4) is 0 Å². The van der Waals surface area contributed by atoms with Crippen LogP contribution in [0.2, 0.25) is 0 Å². The smallest absolute Gasteiger partial charge is 0.246 e. The van der Waals surface area contributed by atoms with Gasteiger partial charge in [-0.3, -0.25) is 9.69 Å². The standard InChI is InChI=1S/C19H26FN3O2/c1-14-10-15(20)2-3-17(14)22-7-4-16(5-8-22)23-9-6-19(13-23)12-21-18(24)11-25-19/h2-3,10,16H,4-9,11-13H2,1H3,(H,21,24). The quantitative estimate of drug-likeness (QED) is 0.884. The van der Waals surface area contributed by atoms with E-state index in [1.807, 2.05) is 13.0 Å². The van der Waals surface area contributed by atoms with E-state index in [1.54, 1.807) is 12.1 Å². The molecule has 0 aliphatic carbocycles. The van der Waals surface area contributed by atoms with Crippen molar-refractivity contribution in [3.63, 3.8) is 0 Å². The largest absolute Gasteiger partial charge is 0.371 e. The monoisotopic (exact) mass is 347 g/mol. The number of benzene rings is 1. The lowest BCUT2D eigenvalue weighted by Gasteiger charge is -2.39. The number of hydrogen-bond donors (Lipinski definition) is 1. The summed E-state index contributed by atoms with van der Waals surface area (Å²) in [7, 11) is 0. The summed E-state index contributed by atoms with van der Waals surface area (Å²) < 4.78 is 19.2. The summed E-state index contributed by atoms with van der Waals surface area (Å²) in [5.41, 5.74) is 1.97. The Kier molecular flexibility index (Phi) is 4.41. The number of halogens is 1. The van der Waals surface area contributed by atoms with Gasteiger partial charge in [0.2, 0.25) is 5.91 Å². The van der Waals surface area contributed by atoms with Gasteiger partial charge in [-0.25, -0.2) is 4.39 Å². The van der Waals surface area contributed by atoms with Crippen molar-refractivity contribution in [3.05, 3.63) is 29.6 Å². The fourth-order valence-corrected chi connectivity index (χ4v) is 4.48. The van der Waals surface area contributed by atoms with Gasteiger partial charge in [0.1, 0.15) is 12.4 Å². The molecule has 3 saturated heterocycles. The molecule has 0 radical (unpaired) electrons. The van der Waals surface area contributed by atoms with Crippen molar-refractivity contribution in [1.82, 2.24) is 10.2 Å². The molecule has 6 heteroatoms. The highest BCUT2D eigenvalue weighted by Gasteiger charge is 2.44. The first-order valence-electron chi connectivity index (χ1n) is 9.20. The Labute approximate surface area is 148 Å². The van der Waals surface area contributed by atoms with Crippen molar-refractivity contribution >= 4 is 11.6 Å². The number of rotatable bonds is 2. The number of likely N-dealkylation sites (tertiary alicyclic amines) is 1. The molecular formula is C19H26FN3O2. The van der Waals surface area contributed by atoms with Crippen LogP contribution in [-0.4, -0.2) is 61.8 Å². The van der Waals surface area contributed by atoms with Gasteiger partial charge >= 0.3 is 0 Å². The lowest BCUT2D eigenvalue weighted by molar-refractivity contribution is -0.142. The lowest BCUT2D eigenvalue weighted by atomic mass is 10.00. The highest BCUT2D eigenvalue weighted by molar-refractivity contribution is 5.78. The topological polar surface area (TPSA) is 44.8 Å². The number of morpholine rings is 1. The maximum absolute atomic E-state index is 13.3. The Balaban J connectivity index is 1.34. The lowest BCUT2D eigenvalue weighted by Crippen LogP contribution is -2.54. The van der Waals surface area contributed by atoms with Gasteiger partial charge in [-0.15, -0.1) is 0 Å². The number of carbonyl (C=O) groups excluding carboxylic acids is 1. The molecule has 1 aromatic carbocycles. The fraction of sp³-hybridized carbons (Fsp3) is 0.632. The van der Waals surface area contributed by atoms with E-state index < -0.39 is 0 Å². The molecule has 3 aliphatic rings. The first-order chi connectivity index (χ1) is 12.0. The molecule has 1 spiro atoms. The zero-order chi connectivity index (χ0) is 17.4. The van der Waals surface area contributed by atoms with Gasteiger partial charge in [0.05, 0.1) is 5.60 Å². The third-order valence-corrected chi connectivity index (χ3v) is 5.94. The number of carbonyl (C=O) groups is 1. The zero-order valence-corrected chi connectivity index (χ0v) is 14.8. The molecule has 0 aromatic heterocycles. The minimum absolute atomic E-state index is 0.00736. The Morgan fingerprint density at radius 1 is 1.28 bits per heavy atom. The molecule has 3 fully saturated rings. The van der Waals surface area contributed by atoms with Gasteiger partial charge in [-0.2, -0.15) is 0 Å². The van der Waals surface area contributed by atoms with E-state index in [9.17, 15) is 9.18 Å². The first-order valence-corrected chi connectivity index (χ1v) is 9.20. The Bertz CT molecular complexity index is 648. The van der Waals surface area contributed by atoms with Gasteiger partial charge in [-0.05, 0) is 49.9 Å². The molecule has 3 heterocycles. The van der Waals surface area contributed by atoms with Crippen LogP contribution in [0.25, 0.3) is 0 Å². The number of anilines is 1. The molecule has 1 amide bonds. The molecule has 1 aromatic rings.